The Balaban J connectivity index is 2.95. The number of likely N-dealkylation sites (N-methyl/N-ethyl adjacent to an activating group) is 1. The monoisotopic (exact) mass is 313 g/mol. The molecule has 1 aromatic rings. The summed E-state index contributed by atoms with van der Waals surface area (Å²) in [5, 5.41) is 0.254. The summed E-state index contributed by atoms with van der Waals surface area (Å²) in [5.41, 5.74) is 1.06. The third-order valence-electron chi connectivity index (χ3n) is 2.85. The molecule has 0 unspecified atom stereocenters. The van der Waals surface area contributed by atoms with Gasteiger partial charge in [0.05, 0.1) is 6.61 Å². The van der Waals surface area contributed by atoms with Crippen LogP contribution in [0.25, 0.3) is 0 Å². The summed E-state index contributed by atoms with van der Waals surface area (Å²) < 4.78 is 4.99. The molecule has 0 aliphatic carbocycles. The molecule has 1 aromatic heterocycles. The molecule has 0 saturated carbocycles. The molecule has 2 amide bonds. The molecule has 0 saturated heterocycles. The van der Waals surface area contributed by atoms with Gasteiger partial charge in [0, 0.05) is 39.0 Å². The van der Waals surface area contributed by atoms with Crippen LogP contribution in [0.5, 0.6) is 0 Å². The topological polar surface area (TPSA) is 62.7 Å². The number of pyridine rings is 1. The zero-order chi connectivity index (χ0) is 16.0. The van der Waals surface area contributed by atoms with Crippen molar-refractivity contribution in [2.24, 2.45) is 0 Å². The lowest BCUT2D eigenvalue weighted by Crippen LogP contribution is -2.42. The van der Waals surface area contributed by atoms with Crippen LogP contribution in [-0.2, 0) is 9.53 Å². The van der Waals surface area contributed by atoms with Crippen molar-refractivity contribution in [1.82, 2.24) is 14.8 Å². The Morgan fingerprint density at radius 2 is 2.00 bits per heavy atom. The average molecular weight is 314 g/mol. The van der Waals surface area contributed by atoms with E-state index in [2.05, 4.69) is 4.98 Å². The normalized spacial score (nSPS) is 10.3. The van der Waals surface area contributed by atoms with E-state index in [1.54, 1.807) is 34.2 Å². The molecule has 7 heteroatoms. The number of carbonyl (C=O) groups excluding carboxylic acids is 2. The van der Waals surface area contributed by atoms with Gasteiger partial charge in [0.2, 0.25) is 5.91 Å². The Labute approximate surface area is 129 Å². The van der Waals surface area contributed by atoms with Crippen molar-refractivity contribution in [1.29, 1.82) is 0 Å². The van der Waals surface area contributed by atoms with Gasteiger partial charge in [0.15, 0.2) is 0 Å². The summed E-state index contributed by atoms with van der Waals surface area (Å²) in [6.45, 7) is 2.43. The number of methoxy groups -OCH3 is 1. The van der Waals surface area contributed by atoms with Crippen LogP contribution >= 0.6 is 11.6 Å². The van der Waals surface area contributed by atoms with E-state index in [0.717, 1.165) is 0 Å². The van der Waals surface area contributed by atoms with Crippen LogP contribution in [0.3, 0.4) is 0 Å². The lowest BCUT2D eigenvalue weighted by Gasteiger charge is -2.23. The van der Waals surface area contributed by atoms with E-state index in [-0.39, 0.29) is 23.5 Å². The molecule has 0 bridgehead atoms. The molecule has 0 aromatic carbocycles. The number of carbonyl (C=O) groups is 2. The van der Waals surface area contributed by atoms with Gasteiger partial charge in [0.1, 0.15) is 11.7 Å². The molecule has 21 heavy (non-hydrogen) atoms. The largest absolute Gasteiger partial charge is 0.383 e. The minimum atomic E-state index is -0.269. The fraction of sp³-hybridized carbons (Fsp3) is 0.500. The van der Waals surface area contributed by atoms with Crippen molar-refractivity contribution in [2.75, 3.05) is 40.9 Å². The summed E-state index contributed by atoms with van der Waals surface area (Å²) in [6, 6.07) is 3.14. The molecule has 116 valence electrons. The number of rotatable bonds is 6. The number of halogens is 1. The van der Waals surface area contributed by atoms with Crippen LogP contribution in [0, 0.1) is 6.92 Å². The Bertz CT molecular complexity index is 500. The molecule has 0 fully saturated rings. The zero-order valence-electron chi connectivity index (χ0n) is 12.7. The fourth-order valence-corrected chi connectivity index (χ4v) is 1.94. The van der Waals surface area contributed by atoms with E-state index in [4.69, 9.17) is 16.3 Å². The molecule has 0 atom stereocenters. The van der Waals surface area contributed by atoms with Gasteiger partial charge < -0.3 is 14.5 Å². The van der Waals surface area contributed by atoms with Gasteiger partial charge in [-0.25, -0.2) is 4.98 Å². The Morgan fingerprint density at radius 3 is 2.52 bits per heavy atom. The zero-order valence-corrected chi connectivity index (χ0v) is 13.5. The highest BCUT2D eigenvalue weighted by molar-refractivity contribution is 6.29. The molecular weight excluding hydrogens is 294 g/mol. The number of ether oxygens (including phenoxy) is 1. The number of amides is 2. The second-order valence-corrected chi connectivity index (χ2v) is 5.21. The van der Waals surface area contributed by atoms with E-state index in [0.29, 0.717) is 24.4 Å². The standard InChI is InChI=1S/C14H20ClN3O3/c1-10-7-11(8-12(15)16-10)14(20)18(5-6-21-4)9-13(19)17(2)3/h7-8H,5-6,9H2,1-4H3. The summed E-state index contributed by atoms with van der Waals surface area (Å²) in [7, 11) is 4.84. The number of hydrogen-bond acceptors (Lipinski definition) is 4. The van der Waals surface area contributed by atoms with Crippen LogP contribution in [0.1, 0.15) is 16.1 Å². The summed E-state index contributed by atoms with van der Waals surface area (Å²) in [4.78, 5) is 31.3. The highest BCUT2D eigenvalue weighted by atomic mass is 35.5. The molecule has 0 radical (unpaired) electrons. The third-order valence-corrected chi connectivity index (χ3v) is 3.04. The number of hydrogen-bond donors (Lipinski definition) is 0. The first-order valence-corrected chi connectivity index (χ1v) is 6.85. The van der Waals surface area contributed by atoms with Crippen molar-refractivity contribution >= 4 is 23.4 Å². The minimum Gasteiger partial charge on any atom is -0.383 e. The fourth-order valence-electron chi connectivity index (χ4n) is 1.69. The van der Waals surface area contributed by atoms with Gasteiger partial charge >= 0.3 is 0 Å². The molecule has 1 heterocycles. The highest BCUT2D eigenvalue weighted by Gasteiger charge is 2.20. The molecule has 1 rings (SSSR count). The van der Waals surface area contributed by atoms with Crippen LogP contribution in [0.2, 0.25) is 5.15 Å². The second-order valence-electron chi connectivity index (χ2n) is 4.83. The predicted molar refractivity (Wildman–Crippen MR) is 80.5 cm³/mol. The molecule has 0 aliphatic rings. The number of nitrogens with zero attached hydrogens (tertiary/aromatic N) is 3. The highest BCUT2D eigenvalue weighted by Crippen LogP contribution is 2.13. The Hall–Kier alpha value is -1.66. The molecular formula is C14H20ClN3O3. The molecule has 0 spiro atoms. The predicted octanol–water partition coefficient (Wildman–Crippen LogP) is 1.22. The van der Waals surface area contributed by atoms with Crippen molar-refractivity contribution in [3.63, 3.8) is 0 Å². The van der Waals surface area contributed by atoms with Gasteiger partial charge in [-0.2, -0.15) is 0 Å². The molecule has 6 nitrogen and oxygen atoms in total. The van der Waals surface area contributed by atoms with E-state index in [1.165, 1.54) is 15.9 Å². The van der Waals surface area contributed by atoms with Gasteiger partial charge in [-0.15, -0.1) is 0 Å². The van der Waals surface area contributed by atoms with E-state index < -0.39 is 0 Å². The number of aryl methyl sites for hydroxylation is 1. The first kappa shape index (κ1) is 17.4. The third kappa shape index (κ3) is 5.32. The SMILES string of the molecule is COCCN(CC(=O)N(C)C)C(=O)c1cc(C)nc(Cl)c1. The number of aromatic nitrogens is 1. The smallest absolute Gasteiger partial charge is 0.254 e. The van der Waals surface area contributed by atoms with Gasteiger partial charge in [-0.3, -0.25) is 9.59 Å². The summed E-state index contributed by atoms with van der Waals surface area (Å²) in [5.74, 6) is -0.425. The molecule has 0 aliphatic heterocycles. The summed E-state index contributed by atoms with van der Waals surface area (Å²) in [6.07, 6.45) is 0. The van der Waals surface area contributed by atoms with Crippen LogP contribution < -0.4 is 0 Å². The lowest BCUT2D eigenvalue weighted by molar-refractivity contribution is -0.129. The van der Waals surface area contributed by atoms with E-state index in [9.17, 15) is 9.59 Å². The van der Waals surface area contributed by atoms with Crippen LogP contribution in [-0.4, -0.2) is 67.5 Å². The maximum atomic E-state index is 12.5. The quantitative estimate of drug-likeness (QED) is 0.741. The van der Waals surface area contributed by atoms with E-state index in [1.807, 2.05) is 0 Å². The van der Waals surface area contributed by atoms with Crippen molar-refractivity contribution in [3.8, 4) is 0 Å². The maximum Gasteiger partial charge on any atom is 0.254 e. The Morgan fingerprint density at radius 1 is 1.33 bits per heavy atom. The van der Waals surface area contributed by atoms with E-state index >= 15 is 0 Å². The summed E-state index contributed by atoms with van der Waals surface area (Å²) >= 11 is 5.88. The second kappa shape index (κ2) is 7.95. The van der Waals surface area contributed by atoms with Crippen molar-refractivity contribution in [2.45, 2.75) is 6.92 Å². The van der Waals surface area contributed by atoms with Gasteiger partial charge in [-0.05, 0) is 19.1 Å². The Kier molecular flexibility index (Phi) is 6.58. The van der Waals surface area contributed by atoms with Gasteiger partial charge in [0.25, 0.3) is 5.91 Å². The van der Waals surface area contributed by atoms with Crippen LogP contribution in [0.4, 0.5) is 0 Å². The first-order chi connectivity index (χ1) is 9.85. The van der Waals surface area contributed by atoms with Crippen molar-refractivity contribution in [3.05, 3.63) is 28.5 Å². The lowest BCUT2D eigenvalue weighted by atomic mass is 10.2. The van der Waals surface area contributed by atoms with Crippen LogP contribution in [0.15, 0.2) is 12.1 Å². The molecule has 0 N–H and O–H groups in total. The average Bonchev–Trinajstić information content (AvgIpc) is 2.41. The minimum absolute atomic E-state index is 0.00577. The van der Waals surface area contributed by atoms with Gasteiger partial charge in [-0.1, -0.05) is 11.6 Å². The van der Waals surface area contributed by atoms with Crippen molar-refractivity contribution < 1.29 is 14.3 Å². The first-order valence-electron chi connectivity index (χ1n) is 6.47. The maximum absolute atomic E-state index is 12.5.